The smallest absolute Gasteiger partial charge is 0.253 e. The Morgan fingerprint density at radius 3 is 2.37 bits per heavy atom. The molecular formula is C22H25ClN4O3. The zero-order valence-corrected chi connectivity index (χ0v) is 17.6. The fraction of sp³-hybridized carbons (Fsp3) is 0.318. The standard InChI is InChI=1S/C22H25ClN4O3/c1-2-24-21(29)16-5-4-8-19(14-16)25-20(28)15-26-9-11-27(12-10-26)22(30)17-6-3-7-18(23)13-17/h3-8,13-14H,2,9-12,15H2,1H3,(H,24,29)(H,25,28). The molecule has 7 nitrogen and oxygen atoms in total. The van der Waals surface area contributed by atoms with E-state index in [1.54, 1.807) is 53.4 Å². The first-order valence-corrected chi connectivity index (χ1v) is 10.3. The average Bonchev–Trinajstić information content (AvgIpc) is 2.74. The Hall–Kier alpha value is -2.90. The Kier molecular flexibility index (Phi) is 7.43. The Labute approximate surface area is 181 Å². The largest absolute Gasteiger partial charge is 0.352 e. The Morgan fingerprint density at radius 2 is 1.67 bits per heavy atom. The Morgan fingerprint density at radius 1 is 0.967 bits per heavy atom. The number of benzene rings is 2. The summed E-state index contributed by atoms with van der Waals surface area (Å²) in [5, 5.41) is 6.11. The van der Waals surface area contributed by atoms with E-state index >= 15 is 0 Å². The summed E-state index contributed by atoms with van der Waals surface area (Å²) in [5.74, 6) is -0.379. The van der Waals surface area contributed by atoms with Gasteiger partial charge >= 0.3 is 0 Å². The van der Waals surface area contributed by atoms with Gasteiger partial charge in [-0.05, 0) is 43.3 Å². The van der Waals surface area contributed by atoms with E-state index in [9.17, 15) is 14.4 Å². The zero-order chi connectivity index (χ0) is 21.5. The minimum atomic E-state index is -0.172. The highest BCUT2D eigenvalue weighted by atomic mass is 35.5. The second-order valence-corrected chi connectivity index (χ2v) is 7.50. The number of hydrogen-bond acceptors (Lipinski definition) is 4. The number of anilines is 1. The molecule has 0 bridgehead atoms. The Bertz CT molecular complexity index is 926. The van der Waals surface area contributed by atoms with Crippen molar-refractivity contribution in [3.05, 3.63) is 64.7 Å². The van der Waals surface area contributed by atoms with Gasteiger partial charge in [0, 0.05) is 54.6 Å². The lowest BCUT2D eigenvalue weighted by Gasteiger charge is -2.34. The van der Waals surface area contributed by atoms with Gasteiger partial charge in [0.05, 0.1) is 6.54 Å². The quantitative estimate of drug-likeness (QED) is 0.740. The van der Waals surface area contributed by atoms with Gasteiger partial charge in [0.15, 0.2) is 0 Å². The summed E-state index contributed by atoms with van der Waals surface area (Å²) in [6, 6.07) is 13.8. The number of nitrogens with one attached hydrogen (secondary N) is 2. The predicted molar refractivity (Wildman–Crippen MR) is 117 cm³/mol. The summed E-state index contributed by atoms with van der Waals surface area (Å²) in [6.45, 7) is 4.94. The molecule has 3 rings (SSSR count). The van der Waals surface area contributed by atoms with Crippen LogP contribution < -0.4 is 10.6 Å². The van der Waals surface area contributed by atoms with Gasteiger partial charge in [0.25, 0.3) is 11.8 Å². The molecule has 0 saturated carbocycles. The number of carbonyl (C=O) groups is 3. The topological polar surface area (TPSA) is 81.8 Å². The predicted octanol–water partition coefficient (Wildman–Crippen LogP) is 2.49. The van der Waals surface area contributed by atoms with E-state index in [1.165, 1.54) is 0 Å². The molecule has 1 heterocycles. The number of piperazine rings is 1. The molecule has 0 spiro atoms. The van der Waals surface area contributed by atoms with Crippen molar-refractivity contribution in [1.29, 1.82) is 0 Å². The normalized spacial score (nSPS) is 14.3. The highest BCUT2D eigenvalue weighted by molar-refractivity contribution is 6.30. The van der Waals surface area contributed by atoms with Crippen LogP contribution in [-0.2, 0) is 4.79 Å². The van der Waals surface area contributed by atoms with Crippen LogP contribution in [0.1, 0.15) is 27.6 Å². The molecule has 158 valence electrons. The molecule has 0 aromatic heterocycles. The molecule has 2 aromatic rings. The van der Waals surface area contributed by atoms with Crippen LogP contribution in [0.2, 0.25) is 5.02 Å². The van der Waals surface area contributed by atoms with Gasteiger partial charge in [0.2, 0.25) is 5.91 Å². The minimum absolute atomic E-state index is 0.0521. The van der Waals surface area contributed by atoms with Gasteiger partial charge in [-0.15, -0.1) is 0 Å². The average molecular weight is 429 g/mol. The molecule has 3 amide bonds. The third-order valence-electron chi connectivity index (χ3n) is 4.84. The van der Waals surface area contributed by atoms with Crippen molar-refractivity contribution < 1.29 is 14.4 Å². The van der Waals surface area contributed by atoms with Crippen molar-refractivity contribution >= 4 is 35.0 Å². The maximum atomic E-state index is 12.6. The van der Waals surface area contributed by atoms with E-state index < -0.39 is 0 Å². The van der Waals surface area contributed by atoms with Crippen LogP contribution in [0, 0.1) is 0 Å². The van der Waals surface area contributed by atoms with E-state index in [0.29, 0.717) is 54.6 Å². The zero-order valence-electron chi connectivity index (χ0n) is 16.9. The number of carbonyl (C=O) groups excluding carboxylic acids is 3. The first-order chi connectivity index (χ1) is 14.5. The highest BCUT2D eigenvalue weighted by Crippen LogP contribution is 2.15. The monoisotopic (exact) mass is 428 g/mol. The van der Waals surface area contributed by atoms with Crippen molar-refractivity contribution in [3.8, 4) is 0 Å². The van der Waals surface area contributed by atoms with Crippen LogP contribution >= 0.6 is 11.6 Å². The number of amides is 3. The van der Waals surface area contributed by atoms with Crippen molar-refractivity contribution in [3.63, 3.8) is 0 Å². The molecule has 1 aliphatic heterocycles. The summed E-state index contributed by atoms with van der Waals surface area (Å²) in [7, 11) is 0. The van der Waals surface area contributed by atoms with Gasteiger partial charge in [-0.25, -0.2) is 0 Å². The van der Waals surface area contributed by atoms with E-state index in [1.807, 2.05) is 11.8 Å². The van der Waals surface area contributed by atoms with Gasteiger partial charge in [-0.1, -0.05) is 23.7 Å². The number of halogens is 1. The molecule has 1 aliphatic rings. The number of nitrogens with zero attached hydrogens (tertiary/aromatic N) is 2. The molecule has 1 fully saturated rings. The second kappa shape index (κ2) is 10.2. The van der Waals surface area contributed by atoms with E-state index in [2.05, 4.69) is 10.6 Å². The van der Waals surface area contributed by atoms with Gasteiger partial charge in [-0.3, -0.25) is 19.3 Å². The lowest BCUT2D eigenvalue weighted by atomic mass is 10.1. The van der Waals surface area contributed by atoms with Crippen LogP contribution in [0.5, 0.6) is 0 Å². The van der Waals surface area contributed by atoms with Crippen molar-refractivity contribution in [2.75, 3.05) is 44.6 Å². The molecule has 30 heavy (non-hydrogen) atoms. The van der Waals surface area contributed by atoms with Gasteiger partial charge in [-0.2, -0.15) is 0 Å². The molecule has 0 atom stereocenters. The molecule has 2 N–H and O–H groups in total. The van der Waals surface area contributed by atoms with Crippen LogP contribution in [0.3, 0.4) is 0 Å². The lowest BCUT2D eigenvalue weighted by Crippen LogP contribution is -2.50. The van der Waals surface area contributed by atoms with Crippen molar-refractivity contribution in [2.24, 2.45) is 0 Å². The summed E-state index contributed by atoms with van der Waals surface area (Å²) >= 11 is 5.97. The van der Waals surface area contributed by atoms with Crippen LogP contribution in [0.15, 0.2) is 48.5 Å². The lowest BCUT2D eigenvalue weighted by molar-refractivity contribution is -0.117. The molecule has 0 radical (unpaired) electrons. The number of rotatable bonds is 6. The van der Waals surface area contributed by atoms with E-state index in [-0.39, 0.29) is 24.3 Å². The van der Waals surface area contributed by atoms with E-state index in [4.69, 9.17) is 11.6 Å². The van der Waals surface area contributed by atoms with Crippen molar-refractivity contribution in [2.45, 2.75) is 6.92 Å². The fourth-order valence-corrected chi connectivity index (χ4v) is 3.51. The second-order valence-electron chi connectivity index (χ2n) is 7.07. The summed E-state index contributed by atoms with van der Waals surface area (Å²) < 4.78 is 0. The molecule has 2 aromatic carbocycles. The van der Waals surface area contributed by atoms with Crippen LogP contribution in [-0.4, -0.2) is 66.8 Å². The maximum absolute atomic E-state index is 12.6. The minimum Gasteiger partial charge on any atom is -0.352 e. The SMILES string of the molecule is CCNC(=O)c1cccc(NC(=O)CN2CCN(C(=O)c3cccc(Cl)c3)CC2)c1. The maximum Gasteiger partial charge on any atom is 0.253 e. The third-order valence-corrected chi connectivity index (χ3v) is 5.08. The number of hydrogen-bond donors (Lipinski definition) is 2. The summed E-state index contributed by atoms with van der Waals surface area (Å²) in [6.07, 6.45) is 0. The van der Waals surface area contributed by atoms with Crippen LogP contribution in [0.4, 0.5) is 5.69 Å². The van der Waals surface area contributed by atoms with Gasteiger partial charge in [0.1, 0.15) is 0 Å². The first kappa shape index (κ1) is 21.8. The third kappa shape index (κ3) is 5.81. The molecule has 0 aliphatic carbocycles. The summed E-state index contributed by atoms with van der Waals surface area (Å²) in [5.41, 5.74) is 1.65. The first-order valence-electron chi connectivity index (χ1n) is 9.91. The van der Waals surface area contributed by atoms with E-state index in [0.717, 1.165) is 0 Å². The molecule has 0 unspecified atom stereocenters. The summed E-state index contributed by atoms with van der Waals surface area (Å²) in [4.78, 5) is 40.7. The molecule has 1 saturated heterocycles. The molecule has 8 heteroatoms. The fourth-order valence-electron chi connectivity index (χ4n) is 3.32. The van der Waals surface area contributed by atoms with Crippen LogP contribution in [0.25, 0.3) is 0 Å². The van der Waals surface area contributed by atoms with Crippen molar-refractivity contribution in [1.82, 2.24) is 15.1 Å². The molecular weight excluding hydrogens is 404 g/mol. The highest BCUT2D eigenvalue weighted by Gasteiger charge is 2.23. The Balaban J connectivity index is 1.49. The van der Waals surface area contributed by atoms with Gasteiger partial charge < -0.3 is 15.5 Å².